The maximum absolute atomic E-state index is 11.7. The minimum Gasteiger partial charge on any atom is -0.467 e. The van der Waals surface area contributed by atoms with Crippen molar-refractivity contribution < 1.29 is 24.2 Å². The second-order valence-electron chi connectivity index (χ2n) is 5.50. The summed E-state index contributed by atoms with van der Waals surface area (Å²) in [5, 5.41) is 11.5. The molecule has 6 heteroatoms. The first-order chi connectivity index (χ1) is 8.25. The van der Waals surface area contributed by atoms with Crippen molar-refractivity contribution in [2.45, 2.75) is 44.8 Å². The number of carbonyl (C=O) groups excluding carboxylic acids is 2. The molecule has 0 bridgehead atoms. The molecule has 0 heterocycles. The predicted molar refractivity (Wildman–Crippen MR) is 63.9 cm³/mol. The van der Waals surface area contributed by atoms with Crippen LogP contribution in [0.5, 0.6) is 0 Å². The van der Waals surface area contributed by atoms with Gasteiger partial charge in [-0.2, -0.15) is 0 Å². The summed E-state index contributed by atoms with van der Waals surface area (Å²) in [5.41, 5.74) is -1.65. The molecule has 6 nitrogen and oxygen atoms in total. The second-order valence-corrected chi connectivity index (χ2v) is 5.50. The lowest BCUT2D eigenvalue weighted by Crippen LogP contribution is -2.47. The number of hydrogen-bond donors (Lipinski definition) is 2. The van der Waals surface area contributed by atoms with Gasteiger partial charge < -0.3 is 19.9 Å². The molecule has 1 saturated carbocycles. The Morgan fingerprint density at radius 2 is 2.06 bits per heavy atom. The molecule has 0 radical (unpaired) electrons. The van der Waals surface area contributed by atoms with Gasteiger partial charge in [-0.15, -0.1) is 0 Å². The summed E-state index contributed by atoms with van der Waals surface area (Å²) in [7, 11) is 1.27. The monoisotopic (exact) mass is 259 g/mol. The molecule has 1 rings (SSSR count). The number of alkyl carbamates (subject to hydrolysis) is 1. The van der Waals surface area contributed by atoms with Crippen LogP contribution in [-0.4, -0.2) is 42.0 Å². The van der Waals surface area contributed by atoms with Gasteiger partial charge >= 0.3 is 12.1 Å². The minimum absolute atomic E-state index is 0.0284. The van der Waals surface area contributed by atoms with Crippen LogP contribution in [0.25, 0.3) is 0 Å². The average Bonchev–Trinajstić information content (AvgIpc) is 2.89. The molecule has 0 saturated heterocycles. The van der Waals surface area contributed by atoms with Crippen LogP contribution in [0.4, 0.5) is 4.79 Å². The van der Waals surface area contributed by atoms with Gasteiger partial charge in [0.15, 0.2) is 0 Å². The van der Waals surface area contributed by atoms with Crippen molar-refractivity contribution in [1.82, 2.24) is 5.32 Å². The zero-order valence-electron chi connectivity index (χ0n) is 11.3. The third kappa shape index (κ3) is 3.35. The highest BCUT2D eigenvalue weighted by atomic mass is 16.6. The van der Waals surface area contributed by atoms with Crippen molar-refractivity contribution in [3.63, 3.8) is 0 Å². The standard InChI is InChI=1S/C12H21NO5/c1-11(2,3)18-10(16)13-12(9(15)17-4)7-8(12)5-6-14/h8,14H,5-7H2,1-4H3,(H,13,16)/t8-,12+/m0/s1. The number of carbonyl (C=O) groups is 2. The Labute approximate surface area is 107 Å². The summed E-state index contributed by atoms with van der Waals surface area (Å²) in [6.45, 7) is 5.21. The molecule has 0 unspecified atom stereocenters. The fourth-order valence-electron chi connectivity index (χ4n) is 1.96. The lowest BCUT2D eigenvalue weighted by atomic mass is 10.1. The highest BCUT2D eigenvalue weighted by molar-refractivity contribution is 5.89. The number of aliphatic hydroxyl groups excluding tert-OH is 1. The summed E-state index contributed by atoms with van der Waals surface area (Å²) in [6.07, 6.45) is 0.276. The molecule has 2 N–H and O–H groups in total. The smallest absolute Gasteiger partial charge is 0.408 e. The third-order valence-corrected chi connectivity index (χ3v) is 2.86. The lowest BCUT2D eigenvalue weighted by Gasteiger charge is -2.23. The molecule has 0 aromatic heterocycles. The Morgan fingerprint density at radius 3 is 2.50 bits per heavy atom. The van der Waals surface area contributed by atoms with Gasteiger partial charge in [-0.05, 0) is 39.5 Å². The fraction of sp³-hybridized carbons (Fsp3) is 0.833. The van der Waals surface area contributed by atoms with Crippen LogP contribution >= 0.6 is 0 Å². The van der Waals surface area contributed by atoms with Crippen molar-refractivity contribution in [2.24, 2.45) is 5.92 Å². The van der Waals surface area contributed by atoms with Crippen LogP contribution in [0, 0.1) is 5.92 Å². The summed E-state index contributed by atoms with van der Waals surface area (Å²) in [6, 6.07) is 0. The molecular formula is C12H21NO5. The van der Waals surface area contributed by atoms with E-state index < -0.39 is 23.2 Å². The number of hydrogen-bond acceptors (Lipinski definition) is 5. The summed E-state index contributed by atoms with van der Waals surface area (Å²) < 4.78 is 9.81. The van der Waals surface area contributed by atoms with E-state index in [2.05, 4.69) is 5.32 Å². The molecule has 1 fully saturated rings. The zero-order valence-corrected chi connectivity index (χ0v) is 11.3. The largest absolute Gasteiger partial charge is 0.467 e. The number of nitrogens with one attached hydrogen (secondary N) is 1. The van der Waals surface area contributed by atoms with Gasteiger partial charge in [-0.25, -0.2) is 9.59 Å². The summed E-state index contributed by atoms with van der Waals surface area (Å²) >= 11 is 0. The van der Waals surface area contributed by atoms with Crippen molar-refractivity contribution in [3.8, 4) is 0 Å². The molecule has 2 atom stereocenters. The normalized spacial score (nSPS) is 26.4. The number of ether oxygens (including phenoxy) is 2. The van der Waals surface area contributed by atoms with E-state index in [1.807, 2.05) is 0 Å². The van der Waals surface area contributed by atoms with E-state index in [1.54, 1.807) is 20.8 Å². The quantitative estimate of drug-likeness (QED) is 0.730. The molecule has 0 spiro atoms. The average molecular weight is 259 g/mol. The molecular weight excluding hydrogens is 238 g/mol. The van der Waals surface area contributed by atoms with Gasteiger partial charge in [0.1, 0.15) is 11.1 Å². The Bertz CT molecular complexity index is 336. The van der Waals surface area contributed by atoms with Gasteiger partial charge in [-0.3, -0.25) is 0 Å². The predicted octanol–water partition coefficient (Wildman–Crippen LogP) is 0.825. The maximum Gasteiger partial charge on any atom is 0.408 e. The van der Waals surface area contributed by atoms with Crippen molar-refractivity contribution >= 4 is 12.1 Å². The SMILES string of the molecule is COC(=O)[C@@]1(NC(=O)OC(C)(C)C)C[C@@H]1CCO. The summed E-state index contributed by atoms with van der Waals surface area (Å²) in [4.78, 5) is 23.4. The molecule has 0 aromatic carbocycles. The topological polar surface area (TPSA) is 84.9 Å². The highest BCUT2D eigenvalue weighted by Gasteiger charge is 2.62. The minimum atomic E-state index is -1.03. The Hall–Kier alpha value is -1.30. The summed E-state index contributed by atoms with van der Waals surface area (Å²) in [5.74, 6) is -0.589. The van der Waals surface area contributed by atoms with E-state index in [-0.39, 0.29) is 12.5 Å². The molecule has 0 aromatic rings. The first kappa shape index (κ1) is 14.8. The van der Waals surface area contributed by atoms with Crippen LogP contribution in [0.3, 0.4) is 0 Å². The molecule has 1 amide bonds. The van der Waals surface area contributed by atoms with E-state index in [1.165, 1.54) is 7.11 Å². The number of rotatable bonds is 4. The second kappa shape index (κ2) is 5.14. The third-order valence-electron chi connectivity index (χ3n) is 2.86. The van der Waals surface area contributed by atoms with Crippen molar-refractivity contribution in [2.75, 3.05) is 13.7 Å². The van der Waals surface area contributed by atoms with Gasteiger partial charge in [0.2, 0.25) is 0 Å². The van der Waals surface area contributed by atoms with E-state index >= 15 is 0 Å². The van der Waals surface area contributed by atoms with E-state index in [0.29, 0.717) is 12.8 Å². The van der Waals surface area contributed by atoms with Crippen LogP contribution in [0.1, 0.15) is 33.6 Å². The molecule has 18 heavy (non-hydrogen) atoms. The van der Waals surface area contributed by atoms with Crippen LogP contribution in [-0.2, 0) is 14.3 Å². The van der Waals surface area contributed by atoms with Crippen LogP contribution in [0.2, 0.25) is 0 Å². The number of aliphatic hydroxyl groups is 1. The molecule has 1 aliphatic rings. The van der Waals surface area contributed by atoms with Gasteiger partial charge in [0, 0.05) is 6.61 Å². The van der Waals surface area contributed by atoms with Crippen LogP contribution < -0.4 is 5.32 Å². The van der Waals surface area contributed by atoms with Crippen molar-refractivity contribution in [3.05, 3.63) is 0 Å². The Kier molecular flexibility index (Phi) is 4.21. The van der Waals surface area contributed by atoms with Crippen LogP contribution in [0.15, 0.2) is 0 Å². The zero-order chi connectivity index (χ0) is 14.0. The Morgan fingerprint density at radius 1 is 1.44 bits per heavy atom. The van der Waals surface area contributed by atoms with Gasteiger partial charge in [0.05, 0.1) is 7.11 Å². The first-order valence-corrected chi connectivity index (χ1v) is 5.95. The Balaban J connectivity index is 2.65. The van der Waals surface area contributed by atoms with E-state index in [0.717, 1.165) is 0 Å². The van der Waals surface area contributed by atoms with Gasteiger partial charge in [0.25, 0.3) is 0 Å². The number of esters is 1. The molecule has 0 aliphatic heterocycles. The van der Waals surface area contributed by atoms with E-state index in [9.17, 15) is 9.59 Å². The number of amides is 1. The van der Waals surface area contributed by atoms with Crippen molar-refractivity contribution in [1.29, 1.82) is 0 Å². The van der Waals surface area contributed by atoms with Gasteiger partial charge in [-0.1, -0.05) is 0 Å². The maximum atomic E-state index is 11.7. The number of methoxy groups -OCH3 is 1. The van der Waals surface area contributed by atoms with E-state index in [4.69, 9.17) is 14.6 Å². The molecule has 1 aliphatic carbocycles. The lowest BCUT2D eigenvalue weighted by molar-refractivity contribution is -0.145. The first-order valence-electron chi connectivity index (χ1n) is 5.95. The highest BCUT2D eigenvalue weighted by Crippen LogP contribution is 2.46. The molecule has 104 valence electrons. The fourth-order valence-corrected chi connectivity index (χ4v) is 1.96.